The van der Waals surface area contributed by atoms with E-state index in [1.54, 1.807) is 0 Å². The molecule has 124 valence electrons. The van der Waals surface area contributed by atoms with E-state index in [1.165, 1.54) is 76.2 Å². The molecule has 0 aromatic rings. The number of nitriles is 1. The highest BCUT2D eigenvalue weighted by atomic mass is 14.4. The largest absolute Gasteiger partial charge is 0.197 e. The van der Waals surface area contributed by atoms with Crippen LogP contribution in [-0.4, -0.2) is 0 Å². The maximum atomic E-state index is 9.87. The van der Waals surface area contributed by atoms with Crippen molar-refractivity contribution in [3.8, 4) is 6.07 Å². The highest BCUT2D eigenvalue weighted by Crippen LogP contribution is 2.48. The van der Waals surface area contributed by atoms with Crippen molar-refractivity contribution in [2.24, 2.45) is 17.3 Å². The Balaban J connectivity index is 1.88. The number of unbranched alkanes of at least 4 members (excludes halogenated alkanes) is 2. The van der Waals surface area contributed by atoms with Crippen molar-refractivity contribution >= 4 is 0 Å². The molecule has 0 amide bonds. The van der Waals surface area contributed by atoms with Gasteiger partial charge in [-0.05, 0) is 56.8 Å². The molecule has 0 aliphatic heterocycles. The molecule has 22 heavy (non-hydrogen) atoms. The number of hydrogen-bond donors (Lipinski definition) is 0. The molecule has 0 bridgehead atoms. The summed E-state index contributed by atoms with van der Waals surface area (Å²) in [5.74, 6) is 1.78. The number of hydrogen-bond acceptors (Lipinski definition) is 1. The third-order valence-corrected chi connectivity index (χ3v) is 6.22. The fourth-order valence-corrected chi connectivity index (χ4v) is 4.64. The van der Waals surface area contributed by atoms with Crippen LogP contribution in [0.5, 0.6) is 0 Å². The first kappa shape index (κ1) is 17.6. The first-order chi connectivity index (χ1) is 10.7. The average molecular weight is 302 g/mol. The van der Waals surface area contributed by atoms with Crippen LogP contribution >= 0.6 is 0 Å². The summed E-state index contributed by atoms with van der Waals surface area (Å²) in [5, 5.41) is 9.87. The smallest absolute Gasteiger partial charge is 0.0782 e. The summed E-state index contributed by atoms with van der Waals surface area (Å²) in [6.45, 7) is 4.57. The molecule has 1 unspecified atom stereocenters. The van der Waals surface area contributed by atoms with Crippen LogP contribution in [0.15, 0.2) is 11.6 Å². The van der Waals surface area contributed by atoms with Crippen molar-refractivity contribution in [1.29, 1.82) is 5.26 Å². The molecule has 0 aromatic heterocycles. The lowest BCUT2D eigenvalue weighted by atomic mass is 9.64. The standard InChI is InChI=1S/C21H35N/c1-3-5-6-8-19-13-15-21(17-22,16-14-19)20-11-9-18(7-4-2)10-12-20/h11,18-19H,3-10,12-16H2,1-2H3. The number of allylic oxidation sites excluding steroid dienone is 2. The average Bonchev–Trinajstić information content (AvgIpc) is 2.57. The minimum absolute atomic E-state index is 0.0849. The van der Waals surface area contributed by atoms with Crippen molar-refractivity contribution in [2.75, 3.05) is 0 Å². The van der Waals surface area contributed by atoms with Crippen molar-refractivity contribution in [2.45, 2.75) is 97.3 Å². The van der Waals surface area contributed by atoms with Crippen LogP contribution in [0.1, 0.15) is 97.3 Å². The van der Waals surface area contributed by atoms with Gasteiger partial charge in [-0.25, -0.2) is 0 Å². The third kappa shape index (κ3) is 4.37. The molecule has 1 nitrogen and oxygen atoms in total. The van der Waals surface area contributed by atoms with Crippen molar-refractivity contribution in [3.05, 3.63) is 11.6 Å². The van der Waals surface area contributed by atoms with Gasteiger partial charge in [-0.3, -0.25) is 0 Å². The zero-order chi connectivity index (χ0) is 15.8. The first-order valence-electron chi connectivity index (χ1n) is 9.84. The Morgan fingerprint density at radius 2 is 1.82 bits per heavy atom. The number of nitrogens with zero attached hydrogens (tertiary/aromatic N) is 1. The second-order valence-corrected chi connectivity index (χ2v) is 7.79. The monoisotopic (exact) mass is 301 g/mol. The Morgan fingerprint density at radius 1 is 1.05 bits per heavy atom. The van der Waals surface area contributed by atoms with Crippen LogP contribution in [0.2, 0.25) is 0 Å². The molecular formula is C21H35N. The zero-order valence-electron chi connectivity index (χ0n) is 14.9. The van der Waals surface area contributed by atoms with Gasteiger partial charge in [-0.15, -0.1) is 0 Å². The van der Waals surface area contributed by atoms with Crippen LogP contribution in [0.3, 0.4) is 0 Å². The van der Waals surface area contributed by atoms with Gasteiger partial charge in [-0.2, -0.15) is 5.26 Å². The molecule has 0 saturated heterocycles. The highest BCUT2D eigenvalue weighted by Gasteiger charge is 2.39. The summed E-state index contributed by atoms with van der Waals surface area (Å²) in [7, 11) is 0. The lowest BCUT2D eigenvalue weighted by molar-refractivity contribution is 0.221. The third-order valence-electron chi connectivity index (χ3n) is 6.22. The van der Waals surface area contributed by atoms with E-state index < -0.39 is 0 Å². The summed E-state index contributed by atoms with van der Waals surface area (Å²) in [4.78, 5) is 0. The SMILES string of the molecule is CCCCCC1CCC(C#N)(C2=CCC(CCC)CC2)CC1. The van der Waals surface area contributed by atoms with Gasteiger partial charge >= 0.3 is 0 Å². The molecule has 2 aliphatic carbocycles. The van der Waals surface area contributed by atoms with Crippen LogP contribution in [0.25, 0.3) is 0 Å². The van der Waals surface area contributed by atoms with E-state index in [4.69, 9.17) is 0 Å². The maximum absolute atomic E-state index is 9.87. The van der Waals surface area contributed by atoms with Gasteiger partial charge in [0.25, 0.3) is 0 Å². The minimum Gasteiger partial charge on any atom is -0.197 e. The summed E-state index contributed by atoms with van der Waals surface area (Å²) >= 11 is 0. The molecule has 0 heterocycles. The zero-order valence-corrected chi connectivity index (χ0v) is 14.9. The second kappa shape index (κ2) is 8.76. The maximum Gasteiger partial charge on any atom is 0.0782 e. The molecule has 0 spiro atoms. The fourth-order valence-electron chi connectivity index (χ4n) is 4.64. The molecule has 0 aromatic carbocycles. The van der Waals surface area contributed by atoms with Crippen LogP contribution in [0.4, 0.5) is 0 Å². The Bertz CT molecular complexity index is 393. The summed E-state index contributed by atoms with van der Waals surface area (Å²) in [6, 6.07) is 2.75. The van der Waals surface area contributed by atoms with Gasteiger partial charge in [0.1, 0.15) is 0 Å². The van der Waals surface area contributed by atoms with Crippen LogP contribution in [0, 0.1) is 28.6 Å². The Morgan fingerprint density at radius 3 is 2.36 bits per heavy atom. The van der Waals surface area contributed by atoms with Crippen molar-refractivity contribution in [1.82, 2.24) is 0 Å². The first-order valence-corrected chi connectivity index (χ1v) is 9.84. The normalized spacial score (nSPS) is 32.3. The molecule has 1 saturated carbocycles. The van der Waals surface area contributed by atoms with Gasteiger partial charge in [0, 0.05) is 0 Å². The Kier molecular flexibility index (Phi) is 7.00. The summed E-state index contributed by atoms with van der Waals surface area (Å²) < 4.78 is 0. The molecule has 1 atom stereocenters. The van der Waals surface area contributed by atoms with E-state index in [2.05, 4.69) is 26.0 Å². The predicted molar refractivity (Wildman–Crippen MR) is 94.5 cm³/mol. The molecule has 2 aliphatic rings. The summed E-state index contributed by atoms with van der Waals surface area (Å²) in [6.07, 6.45) is 19.2. The van der Waals surface area contributed by atoms with Crippen molar-refractivity contribution < 1.29 is 0 Å². The van der Waals surface area contributed by atoms with E-state index in [9.17, 15) is 5.26 Å². The fraction of sp³-hybridized carbons (Fsp3) is 0.857. The van der Waals surface area contributed by atoms with E-state index in [1.807, 2.05) is 0 Å². The lowest BCUT2D eigenvalue weighted by Gasteiger charge is -2.39. The van der Waals surface area contributed by atoms with Gasteiger partial charge < -0.3 is 0 Å². The Hall–Kier alpha value is -0.770. The van der Waals surface area contributed by atoms with Crippen LogP contribution < -0.4 is 0 Å². The molecule has 1 fully saturated rings. The van der Waals surface area contributed by atoms with Gasteiger partial charge in [-0.1, -0.05) is 64.0 Å². The van der Waals surface area contributed by atoms with Gasteiger partial charge in [0.15, 0.2) is 0 Å². The van der Waals surface area contributed by atoms with E-state index >= 15 is 0 Å². The molecule has 0 radical (unpaired) electrons. The number of rotatable bonds is 7. The molecule has 1 heteroatoms. The highest BCUT2D eigenvalue weighted by molar-refractivity contribution is 5.26. The predicted octanol–water partition coefficient (Wildman–Crippen LogP) is 6.79. The molecular weight excluding hydrogens is 266 g/mol. The van der Waals surface area contributed by atoms with Crippen LogP contribution in [-0.2, 0) is 0 Å². The van der Waals surface area contributed by atoms with E-state index in [0.29, 0.717) is 0 Å². The topological polar surface area (TPSA) is 23.8 Å². The quantitative estimate of drug-likeness (QED) is 0.375. The molecule has 0 N–H and O–H groups in total. The second-order valence-electron chi connectivity index (χ2n) is 7.79. The van der Waals surface area contributed by atoms with Gasteiger partial charge in [0.2, 0.25) is 0 Å². The Labute approximate surface area is 138 Å². The molecule has 2 rings (SSSR count). The van der Waals surface area contributed by atoms with E-state index in [-0.39, 0.29) is 5.41 Å². The van der Waals surface area contributed by atoms with E-state index in [0.717, 1.165) is 24.7 Å². The lowest BCUT2D eigenvalue weighted by Crippen LogP contribution is -2.29. The van der Waals surface area contributed by atoms with Gasteiger partial charge in [0.05, 0.1) is 11.5 Å². The van der Waals surface area contributed by atoms with Crippen molar-refractivity contribution in [3.63, 3.8) is 0 Å². The minimum atomic E-state index is -0.0849. The summed E-state index contributed by atoms with van der Waals surface area (Å²) in [5.41, 5.74) is 1.42.